The van der Waals surface area contributed by atoms with Gasteiger partial charge in [-0.15, -0.1) is 0 Å². The van der Waals surface area contributed by atoms with E-state index in [1.54, 1.807) is 0 Å². The van der Waals surface area contributed by atoms with Crippen molar-refractivity contribution in [2.75, 3.05) is 13.2 Å². The summed E-state index contributed by atoms with van der Waals surface area (Å²) in [7, 11) is -4.19. The zero-order valence-electron chi connectivity index (χ0n) is 14.5. The average Bonchev–Trinajstić information content (AvgIpc) is 2.60. The number of aliphatic hydroxyl groups excluding tert-OH is 1. The van der Waals surface area contributed by atoms with E-state index in [9.17, 15) is 39.9 Å². The van der Waals surface area contributed by atoms with Gasteiger partial charge in [-0.05, 0) is 31.4 Å². The van der Waals surface area contributed by atoms with E-state index in [0.29, 0.717) is 37.1 Å². The zero-order valence-corrected chi connectivity index (χ0v) is 15.3. The highest BCUT2D eigenvalue weighted by Crippen LogP contribution is 2.50. The molecule has 2 rings (SSSR count). The summed E-state index contributed by atoms with van der Waals surface area (Å²) in [5.74, 6) is 0. The predicted molar refractivity (Wildman–Crippen MR) is 85.7 cm³/mol. The largest absolute Gasteiger partial charge is 0.430 e. The van der Waals surface area contributed by atoms with Crippen molar-refractivity contribution >= 4 is 10.0 Å². The van der Waals surface area contributed by atoms with E-state index in [1.807, 2.05) is 0 Å². The molecule has 1 fully saturated rings. The molecule has 0 aromatic heterocycles. The van der Waals surface area contributed by atoms with Crippen LogP contribution in [0, 0.1) is 0 Å². The van der Waals surface area contributed by atoms with Crippen molar-refractivity contribution in [3.8, 4) is 0 Å². The van der Waals surface area contributed by atoms with Crippen LogP contribution < -0.4 is 0 Å². The molecule has 1 saturated heterocycles. The van der Waals surface area contributed by atoms with Gasteiger partial charge in [0, 0.05) is 24.8 Å². The summed E-state index contributed by atoms with van der Waals surface area (Å²) in [6.45, 7) is -0.135. The van der Waals surface area contributed by atoms with Crippen LogP contribution in [0.3, 0.4) is 0 Å². The van der Waals surface area contributed by atoms with Gasteiger partial charge in [0.05, 0.1) is 4.90 Å². The number of piperidine rings is 1. The van der Waals surface area contributed by atoms with Gasteiger partial charge in [-0.2, -0.15) is 30.6 Å². The molecule has 1 heterocycles. The standard InChI is InChI=1S/C16H19F6NO4S/c17-15(18,19)14(25,16(20,21)22)11-4-6-13(7-5-11)28(26,27)23-9-2-1-3-12(23)8-10-24/h4-7,12,24-25H,1-3,8-10H2. The summed E-state index contributed by atoms with van der Waals surface area (Å²) in [6.07, 6.45) is -10.2. The molecule has 1 atom stereocenters. The Balaban J connectivity index is 2.42. The molecule has 0 amide bonds. The molecule has 1 aliphatic rings. The lowest BCUT2D eigenvalue weighted by Crippen LogP contribution is -2.53. The van der Waals surface area contributed by atoms with Crippen molar-refractivity contribution < 1.29 is 45.0 Å². The third kappa shape index (κ3) is 4.00. The first kappa shape index (κ1) is 22.9. The smallest absolute Gasteiger partial charge is 0.396 e. The number of halogens is 6. The van der Waals surface area contributed by atoms with E-state index in [0.717, 1.165) is 10.7 Å². The van der Waals surface area contributed by atoms with Crippen LogP contribution in [0.5, 0.6) is 0 Å². The number of alkyl halides is 6. The molecule has 1 aliphatic heterocycles. The third-order valence-electron chi connectivity index (χ3n) is 4.73. The molecule has 5 nitrogen and oxygen atoms in total. The fraction of sp³-hybridized carbons (Fsp3) is 0.625. The maximum atomic E-state index is 12.9. The van der Waals surface area contributed by atoms with Crippen molar-refractivity contribution in [2.45, 2.75) is 54.6 Å². The van der Waals surface area contributed by atoms with Crippen LogP contribution in [0.1, 0.15) is 31.2 Å². The Kier molecular flexibility index (Phi) is 6.39. The van der Waals surface area contributed by atoms with Crippen LogP contribution in [-0.4, -0.2) is 54.5 Å². The number of aliphatic hydroxyl groups is 2. The summed E-state index contributed by atoms with van der Waals surface area (Å²) < 4.78 is 104. The van der Waals surface area contributed by atoms with Crippen molar-refractivity contribution in [1.29, 1.82) is 0 Å². The van der Waals surface area contributed by atoms with Gasteiger partial charge < -0.3 is 10.2 Å². The van der Waals surface area contributed by atoms with Gasteiger partial charge >= 0.3 is 12.4 Å². The fourth-order valence-corrected chi connectivity index (χ4v) is 4.94. The lowest BCUT2D eigenvalue weighted by atomic mass is 9.92. The monoisotopic (exact) mass is 435 g/mol. The first-order valence-corrected chi connectivity index (χ1v) is 9.80. The van der Waals surface area contributed by atoms with Crippen LogP contribution in [0.4, 0.5) is 26.3 Å². The van der Waals surface area contributed by atoms with E-state index in [1.165, 1.54) is 0 Å². The normalized spacial score (nSPS) is 20.4. The van der Waals surface area contributed by atoms with Gasteiger partial charge in [-0.25, -0.2) is 8.42 Å². The summed E-state index contributed by atoms with van der Waals surface area (Å²) in [5.41, 5.74) is -6.65. The molecule has 1 aromatic rings. The Bertz CT molecular complexity index is 760. The van der Waals surface area contributed by atoms with Gasteiger partial charge in [0.2, 0.25) is 10.0 Å². The van der Waals surface area contributed by atoms with Gasteiger partial charge in [-0.3, -0.25) is 0 Å². The molecule has 1 unspecified atom stereocenters. The molecule has 12 heteroatoms. The van der Waals surface area contributed by atoms with E-state index < -0.39 is 44.5 Å². The Labute approximate surface area is 157 Å². The summed E-state index contributed by atoms with van der Waals surface area (Å²) in [5, 5.41) is 18.5. The van der Waals surface area contributed by atoms with Gasteiger partial charge in [0.15, 0.2) is 0 Å². The second kappa shape index (κ2) is 7.81. The highest BCUT2D eigenvalue weighted by molar-refractivity contribution is 7.89. The Morgan fingerprint density at radius 1 is 1.00 bits per heavy atom. The first-order chi connectivity index (χ1) is 12.8. The Morgan fingerprint density at radius 2 is 1.54 bits per heavy atom. The molecule has 1 aromatic carbocycles. The summed E-state index contributed by atoms with van der Waals surface area (Å²) in [4.78, 5) is -0.493. The minimum Gasteiger partial charge on any atom is -0.396 e. The molecule has 2 N–H and O–H groups in total. The van der Waals surface area contributed by atoms with E-state index in [-0.39, 0.29) is 19.6 Å². The number of hydrogen-bond donors (Lipinski definition) is 2. The predicted octanol–water partition coefficient (Wildman–Crippen LogP) is 2.92. The Morgan fingerprint density at radius 3 is 2.00 bits per heavy atom. The second-order valence-corrected chi connectivity index (χ2v) is 8.40. The van der Waals surface area contributed by atoms with Crippen LogP contribution >= 0.6 is 0 Å². The maximum Gasteiger partial charge on any atom is 0.430 e. The molecule has 28 heavy (non-hydrogen) atoms. The third-order valence-corrected chi connectivity index (χ3v) is 6.70. The summed E-state index contributed by atoms with van der Waals surface area (Å²) >= 11 is 0. The molecule has 0 saturated carbocycles. The lowest BCUT2D eigenvalue weighted by molar-refractivity contribution is -0.376. The van der Waals surface area contributed by atoms with Gasteiger partial charge in [0.25, 0.3) is 5.60 Å². The number of sulfonamides is 1. The SMILES string of the molecule is O=S(=O)(c1ccc(C(O)(C(F)(F)F)C(F)(F)F)cc1)N1CCCCC1CCO. The number of nitrogens with zero attached hydrogens (tertiary/aromatic N) is 1. The van der Waals surface area contributed by atoms with Crippen LogP contribution in [0.2, 0.25) is 0 Å². The zero-order chi connectivity index (χ0) is 21.4. The van der Waals surface area contributed by atoms with Crippen LogP contribution in [-0.2, 0) is 15.6 Å². The van der Waals surface area contributed by atoms with Crippen LogP contribution in [0.25, 0.3) is 0 Å². The van der Waals surface area contributed by atoms with Gasteiger partial charge in [-0.1, -0.05) is 18.6 Å². The lowest BCUT2D eigenvalue weighted by Gasteiger charge is -2.35. The van der Waals surface area contributed by atoms with Crippen molar-refractivity contribution in [3.05, 3.63) is 29.8 Å². The molecule has 0 radical (unpaired) electrons. The number of benzene rings is 1. The number of rotatable bonds is 5. The van der Waals surface area contributed by atoms with E-state index in [2.05, 4.69) is 0 Å². The van der Waals surface area contributed by atoms with Crippen LogP contribution in [0.15, 0.2) is 29.2 Å². The van der Waals surface area contributed by atoms with E-state index >= 15 is 0 Å². The minimum absolute atomic E-state index is 0.129. The van der Waals surface area contributed by atoms with Gasteiger partial charge in [0.1, 0.15) is 0 Å². The molecule has 0 spiro atoms. The van der Waals surface area contributed by atoms with Crippen molar-refractivity contribution in [1.82, 2.24) is 4.31 Å². The highest BCUT2D eigenvalue weighted by Gasteiger charge is 2.71. The molecule has 160 valence electrons. The van der Waals surface area contributed by atoms with Crippen molar-refractivity contribution in [2.24, 2.45) is 0 Å². The molecule has 0 bridgehead atoms. The second-order valence-electron chi connectivity index (χ2n) is 6.51. The van der Waals surface area contributed by atoms with Crippen molar-refractivity contribution in [3.63, 3.8) is 0 Å². The highest BCUT2D eigenvalue weighted by atomic mass is 32.2. The summed E-state index contributed by atoms with van der Waals surface area (Å²) in [6, 6.07) is 1.32. The number of hydrogen-bond acceptors (Lipinski definition) is 4. The fourth-order valence-electron chi connectivity index (χ4n) is 3.22. The maximum absolute atomic E-state index is 12.9. The first-order valence-electron chi connectivity index (χ1n) is 8.36. The Hall–Kier alpha value is -1.37. The quantitative estimate of drug-likeness (QED) is 0.698. The average molecular weight is 435 g/mol. The minimum atomic E-state index is -6.05. The van der Waals surface area contributed by atoms with E-state index in [4.69, 9.17) is 5.11 Å². The molecule has 0 aliphatic carbocycles. The topological polar surface area (TPSA) is 77.8 Å². The molecular formula is C16H19F6NO4S. The molecular weight excluding hydrogens is 416 g/mol.